The predicted octanol–water partition coefficient (Wildman–Crippen LogP) is 4.61. The molecule has 3 heterocycles. The largest absolute Gasteiger partial charge is 0.444 e. The van der Waals surface area contributed by atoms with Gasteiger partial charge < -0.3 is 10.1 Å². The predicted molar refractivity (Wildman–Crippen MR) is 129 cm³/mol. The molecule has 0 bridgehead atoms. The lowest BCUT2D eigenvalue weighted by Crippen LogP contribution is -2.37. The van der Waals surface area contributed by atoms with Crippen LogP contribution in [0.15, 0.2) is 22.5 Å². The number of benzene rings is 1. The molecular weight excluding hydrogens is 460 g/mol. The summed E-state index contributed by atoms with van der Waals surface area (Å²) in [6, 6.07) is 5.69. The molecule has 0 spiro atoms. The number of fused-ring (bicyclic) bond motifs is 1. The molecule has 1 aliphatic heterocycles. The van der Waals surface area contributed by atoms with Crippen LogP contribution in [0.4, 0.5) is 10.5 Å². The van der Waals surface area contributed by atoms with Gasteiger partial charge in [0.25, 0.3) is 0 Å². The number of rotatable bonds is 5. The topological polar surface area (TPSA) is 102 Å². The summed E-state index contributed by atoms with van der Waals surface area (Å²) in [6.07, 6.45) is 1.29. The average Bonchev–Trinajstić information content (AvgIpc) is 3.43. The number of amides is 2. The highest BCUT2D eigenvalue weighted by molar-refractivity contribution is 8.01. The van der Waals surface area contributed by atoms with Gasteiger partial charge in [-0.25, -0.2) is 4.79 Å². The van der Waals surface area contributed by atoms with E-state index >= 15 is 0 Å². The third-order valence-corrected chi connectivity index (χ3v) is 7.28. The quantitative estimate of drug-likeness (QED) is 0.524. The highest BCUT2D eigenvalue weighted by Gasteiger charge is 2.36. The summed E-state index contributed by atoms with van der Waals surface area (Å²) in [4.78, 5) is 27.5. The summed E-state index contributed by atoms with van der Waals surface area (Å²) >= 11 is 2.74. The van der Waals surface area contributed by atoms with Crippen molar-refractivity contribution in [1.29, 1.82) is 0 Å². The first kappa shape index (κ1) is 23.5. The van der Waals surface area contributed by atoms with Crippen LogP contribution in [0, 0.1) is 13.8 Å². The number of nitrogens with one attached hydrogen (secondary N) is 1. The van der Waals surface area contributed by atoms with Crippen LogP contribution in [-0.2, 0) is 9.53 Å². The van der Waals surface area contributed by atoms with Crippen LogP contribution in [0.5, 0.6) is 0 Å². The average molecular weight is 489 g/mol. The van der Waals surface area contributed by atoms with Gasteiger partial charge in [-0.2, -0.15) is 4.52 Å². The van der Waals surface area contributed by atoms with Crippen molar-refractivity contribution in [2.75, 3.05) is 17.6 Å². The fraction of sp³-hybridized carbons (Fsp3) is 0.500. The van der Waals surface area contributed by atoms with E-state index in [-0.39, 0.29) is 23.8 Å². The Morgan fingerprint density at radius 3 is 2.67 bits per heavy atom. The lowest BCUT2D eigenvalue weighted by atomic mass is 10.1. The lowest BCUT2D eigenvalue weighted by molar-refractivity contribution is -0.113. The Kier molecular flexibility index (Phi) is 6.62. The van der Waals surface area contributed by atoms with E-state index in [4.69, 9.17) is 4.74 Å². The van der Waals surface area contributed by atoms with Crippen LogP contribution in [0.1, 0.15) is 56.6 Å². The van der Waals surface area contributed by atoms with Crippen molar-refractivity contribution in [2.24, 2.45) is 0 Å². The second-order valence-electron chi connectivity index (χ2n) is 9.06. The van der Waals surface area contributed by atoms with Crippen LogP contribution in [0.3, 0.4) is 0 Å². The number of nitrogens with zero attached hydrogens (tertiary/aromatic N) is 5. The van der Waals surface area contributed by atoms with E-state index in [2.05, 4.69) is 20.6 Å². The van der Waals surface area contributed by atoms with Crippen molar-refractivity contribution in [3.8, 4) is 0 Å². The molecule has 176 valence electrons. The highest BCUT2D eigenvalue weighted by atomic mass is 32.2. The minimum atomic E-state index is -0.563. The van der Waals surface area contributed by atoms with Gasteiger partial charge in [-0.15, -0.1) is 15.3 Å². The summed E-state index contributed by atoms with van der Waals surface area (Å²) in [5, 5.41) is 16.2. The Labute approximate surface area is 200 Å². The Hall–Kier alpha value is -2.66. The summed E-state index contributed by atoms with van der Waals surface area (Å²) in [5.41, 5.74) is 2.35. The molecule has 1 fully saturated rings. The molecule has 0 radical (unpaired) electrons. The van der Waals surface area contributed by atoms with Gasteiger partial charge in [-0.05, 0) is 58.6 Å². The second-order valence-corrected chi connectivity index (χ2v) is 11.2. The number of aromatic nitrogens is 4. The Morgan fingerprint density at radius 1 is 1.24 bits per heavy atom. The zero-order valence-electron chi connectivity index (χ0n) is 19.4. The molecule has 2 amide bonds. The normalized spacial score (nSPS) is 16.4. The van der Waals surface area contributed by atoms with Gasteiger partial charge in [0, 0.05) is 12.2 Å². The lowest BCUT2D eigenvalue weighted by Gasteiger charge is -2.27. The Balaban J connectivity index is 1.44. The first-order valence-electron chi connectivity index (χ1n) is 10.8. The number of likely N-dealkylation sites (tertiary alicyclic amines) is 1. The van der Waals surface area contributed by atoms with E-state index < -0.39 is 5.60 Å². The van der Waals surface area contributed by atoms with Gasteiger partial charge >= 0.3 is 6.09 Å². The van der Waals surface area contributed by atoms with Gasteiger partial charge in [0.1, 0.15) is 5.60 Å². The number of anilines is 1. The number of thioether (sulfide) groups is 1. The molecule has 0 saturated carbocycles. The third-order valence-electron chi connectivity index (χ3n) is 5.25. The number of aryl methyl sites for hydroxylation is 2. The molecule has 33 heavy (non-hydrogen) atoms. The van der Waals surface area contributed by atoms with Gasteiger partial charge in [0.15, 0.2) is 10.2 Å². The fourth-order valence-corrected chi connectivity index (χ4v) is 5.45. The molecule has 2 aromatic heterocycles. The molecule has 1 aromatic carbocycles. The van der Waals surface area contributed by atoms with Crippen molar-refractivity contribution in [1.82, 2.24) is 24.7 Å². The van der Waals surface area contributed by atoms with Crippen LogP contribution in [-0.4, -0.2) is 54.6 Å². The molecule has 3 aromatic rings. The highest BCUT2D eigenvalue weighted by Crippen LogP contribution is 2.34. The first-order chi connectivity index (χ1) is 15.6. The number of ether oxygens (including phenoxy) is 1. The molecule has 1 aliphatic rings. The first-order valence-corrected chi connectivity index (χ1v) is 12.6. The van der Waals surface area contributed by atoms with Gasteiger partial charge in [0.05, 0.1) is 11.8 Å². The minimum absolute atomic E-state index is 0.0875. The zero-order chi connectivity index (χ0) is 23.8. The molecule has 9 nitrogen and oxygen atoms in total. The maximum atomic E-state index is 12.7. The Bertz CT molecular complexity index is 1160. The fourth-order valence-electron chi connectivity index (χ4n) is 3.77. The number of hydrogen-bond acceptors (Lipinski definition) is 8. The monoisotopic (exact) mass is 488 g/mol. The van der Waals surface area contributed by atoms with E-state index in [0.717, 1.165) is 34.0 Å². The van der Waals surface area contributed by atoms with E-state index in [1.54, 1.807) is 9.42 Å². The molecule has 1 saturated heterocycles. The molecule has 1 atom stereocenters. The maximum absolute atomic E-state index is 12.7. The summed E-state index contributed by atoms with van der Waals surface area (Å²) in [5.74, 6) is 0.771. The van der Waals surface area contributed by atoms with Crippen LogP contribution < -0.4 is 5.32 Å². The van der Waals surface area contributed by atoms with Crippen LogP contribution >= 0.6 is 23.1 Å². The molecule has 1 N–H and O–H groups in total. The molecule has 4 rings (SSSR count). The summed E-state index contributed by atoms with van der Waals surface area (Å²) in [6.45, 7) is 10.1. The number of carbonyl (C=O) groups excluding carboxylic acids is 2. The van der Waals surface area contributed by atoms with Crippen LogP contribution in [0.2, 0.25) is 0 Å². The minimum Gasteiger partial charge on any atom is -0.444 e. The number of carbonyl (C=O) groups is 2. The molecule has 0 aliphatic carbocycles. The van der Waals surface area contributed by atoms with Crippen molar-refractivity contribution < 1.29 is 14.3 Å². The van der Waals surface area contributed by atoms with Crippen molar-refractivity contribution in [2.45, 2.75) is 63.4 Å². The van der Waals surface area contributed by atoms with Crippen LogP contribution in [0.25, 0.3) is 4.96 Å². The van der Waals surface area contributed by atoms with Crippen molar-refractivity contribution in [3.05, 3.63) is 35.2 Å². The molecular formula is C22H28N6O3S2. The van der Waals surface area contributed by atoms with Gasteiger partial charge in [0.2, 0.25) is 10.9 Å². The zero-order valence-corrected chi connectivity index (χ0v) is 21.0. The van der Waals surface area contributed by atoms with Gasteiger partial charge in [-0.3, -0.25) is 9.69 Å². The van der Waals surface area contributed by atoms with Crippen molar-refractivity contribution >= 4 is 45.7 Å². The van der Waals surface area contributed by atoms with E-state index in [0.29, 0.717) is 17.3 Å². The van der Waals surface area contributed by atoms with Gasteiger partial charge in [-0.1, -0.05) is 41.3 Å². The molecule has 11 heteroatoms. The standard InChI is InChI=1S/C22H28N6O3S2/c1-13-8-6-9-14(2)17(13)23-16(29)12-32-20-26-28-18(24-25-19(28)33-20)15-10-7-11-27(15)21(30)31-22(3,4)5/h6,8-9,15H,7,10-12H2,1-5H3,(H,23,29). The SMILES string of the molecule is Cc1cccc(C)c1NC(=O)CSc1nn2c(C3CCCN3C(=O)OC(C)(C)C)nnc2s1. The van der Waals surface area contributed by atoms with Crippen molar-refractivity contribution in [3.63, 3.8) is 0 Å². The van der Waals surface area contributed by atoms with E-state index in [1.165, 1.54) is 23.1 Å². The maximum Gasteiger partial charge on any atom is 0.410 e. The van der Waals surface area contributed by atoms with E-state index in [9.17, 15) is 9.59 Å². The van der Waals surface area contributed by atoms with E-state index in [1.807, 2.05) is 52.8 Å². The number of para-hydroxylation sites is 1. The molecule has 1 unspecified atom stereocenters. The Morgan fingerprint density at radius 2 is 1.97 bits per heavy atom. The smallest absolute Gasteiger partial charge is 0.410 e. The third kappa shape index (κ3) is 5.30. The number of hydrogen-bond donors (Lipinski definition) is 1. The summed E-state index contributed by atoms with van der Waals surface area (Å²) < 4.78 is 7.97. The second kappa shape index (κ2) is 9.30. The summed E-state index contributed by atoms with van der Waals surface area (Å²) in [7, 11) is 0.